The fourth-order valence-electron chi connectivity index (χ4n) is 1.96. The van der Waals surface area contributed by atoms with Gasteiger partial charge in [-0.2, -0.15) is 10.2 Å². The number of imidazole rings is 1. The molecule has 118 valence electrons. The van der Waals surface area contributed by atoms with Crippen LogP contribution < -0.4 is 9.47 Å². The largest absolute Gasteiger partial charge is 0.487 e. The zero-order chi connectivity index (χ0) is 17.0. The Labute approximate surface area is 132 Å². The third-order valence-corrected chi connectivity index (χ3v) is 2.81. The maximum Gasteiger partial charge on any atom is 0.346 e. The van der Waals surface area contributed by atoms with E-state index in [-0.39, 0.29) is 12.0 Å². The van der Waals surface area contributed by atoms with E-state index in [1.165, 1.54) is 12.3 Å². The van der Waals surface area contributed by atoms with Crippen molar-refractivity contribution >= 4 is 17.7 Å². The molecule has 0 unspecified atom stereocenters. The zero-order valence-corrected chi connectivity index (χ0v) is 12.7. The maximum absolute atomic E-state index is 11.1. The molecule has 7 heteroatoms. The minimum absolute atomic E-state index is 0.0608. The average Bonchev–Trinajstić information content (AvgIpc) is 2.83. The first-order chi connectivity index (χ1) is 11.0. The summed E-state index contributed by atoms with van der Waals surface area (Å²) in [5.74, 6) is -0.680. The van der Waals surface area contributed by atoms with Crippen LogP contribution in [-0.4, -0.2) is 26.6 Å². The number of ether oxygens (including phenoxy) is 2. The number of hydrogen-bond donors (Lipinski definition) is 1. The monoisotopic (exact) mass is 313 g/mol. The van der Waals surface area contributed by atoms with Gasteiger partial charge in [0, 0.05) is 6.20 Å². The quantitative estimate of drug-likeness (QED) is 0.500. The van der Waals surface area contributed by atoms with Crippen molar-refractivity contribution in [2.45, 2.75) is 20.0 Å². The molecular weight excluding hydrogens is 298 g/mol. The van der Waals surface area contributed by atoms with E-state index in [0.29, 0.717) is 17.1 Å². The maximum atomic E-state index is 11.1. The van der Waals surface area contributed by atoms with Crippen LogP contribution in [0.4, 0.5) is 0 Å². The minimum Gasteiger partial charge on any atom is -0.487 e. The number of nitriles is 1. The summed E-state index contributed by atoms with van der Waals surface area (Å²) in [5.41, 5.74) is 0.330. The molecule has 2 heterocycles. The summed E-state index contributed by atoms with van der Waals surface area (Å²) in [5, 5.41) is 18.0. The third kappa shape index (κ3) is 3.32. The molecule has 1 N–H and O–H groups in total. The first-order valence-electron chi connectivity index (χ1n) is 6.78. The molecule has 2 aromatic rings. The number of nitrogens with zero attached hydrogens (tertiary/aromatic N) is 3. The Balaban J connectivity index is 2.71. The number of rotatable bonds is 6. The van der Waals surface area contributed by atoms with E-state index in [1.54, 1.807) is 28.8 Å². The van der Waals surface area contributed by atoms with Crippen LogP contribution in [0.25, 0.3) is 11.7 Å². The van der Waals surface area contributed by atoms with Crippen molar-refractivity contribution < 1.29 is 19.4 Å². The predicted molar refractivity (Wildman–Crippen MR) is 83.0 cm³/mol. The first-order valence-corrected chi connectivity index (χ1v) is 6.78. The summed E-state index contributed by atoms with van der Waals surface area (Å²) < 4.78 is 12.5. The average molecular weight is 313 g/mol. The number of carboxylic acid groups (broad SMARTS) is 1. The molecule has 0 amide bonds. The number of carboxylic acids is 1. The molecule has 0 spiro atoms. The molecule has 2 aromatic heterocycles. The molecule has 0 atom stereocenters. The van der Waals surface area contributed by atoms with Crippen molar-refractivity contribution in [2.75, 3.05) is 0 Å². The van der Waals surface area contributed by atoms with E-state index < -0.39 is 11.5 Å². The second-order valence-electron chi connectivity index (χ2n) is 4.79. The Bertz CT molecular complexity index is 828. The van der Waals surface area contributed by atoms with Crippen molar-refractivity contribution in [2.24, 2.45) is 0 Å². The number of hydrogen-bond acceptors (Lipinski definition) is 5. The summed E-state index contributed by atoms with van der Waals surface area (Å²) in [4.78, 5) is 15.4. The number of aliphatic carboxylic acids is 1. The van der Waals surface area contributed by atoms with Gasteiger partial charge in [-0.05, 0) is 32.1 Å². The van der Waals surface area contributed by atoms with E-state index >= 15 is 0 Å². The van der Waals surface area contributed by atoms with Crippen molar-refractivity contribution in [3.63, 3.8) is 0 Å². The molecule has 0 saturated carbocycles. The number of carbonyl (C=O) groups is 1. The van der Waals surface area contributed by atoms with Crippen LogP contribution in [0.1, 0.15) is 19.5 Å². The summed E-state index contributed by atoms with van der Waals surface area (Å²) in [6, 6.07) is 5.10. The number of pyridine rings is 1. The zero-order valence-electron chi connectivity index (χ0n) is 12.7. The SMILES string of the molecule is C=COc1nc2c(OC(C)C)cccn2c1C=C(C#N)C(=O)O. The van der Waals surface area contributed by atoms with E-state index in [1.807, 2.05) is 13.8 Å². The van der Waals surface area contributed by atoms with Crippen LogP contribution in [0.2, 0.25) is 0 Å². The Hall–Kier alpha value is -3.27. The molecule has 2 rings (SSSR count). The third-order valence-electron chi connectivity index (χ3n) is 2.81. The Morgan fingerprint density at radius 3 is 2.87 bits per heavy atom. The molecule has 0 radical (unpaired) electrons. The van der Waals surface area contributed by atoms with Gasteiger partial charge in [-0.25, -0.2) is 4.79 Å². The molecule has 0 aliphatic rings. The highest BCUT2D eigenvalue weighted by Crippen LogP contribution is 2.28. The molecule has 0 bridgehead atoms. The molecule has 0 aliphatic heterocycles. The lowest BCUT2D eigenvalue weighted by atomic mass is 10.2. The van der Waals surface area contributed by atoms with Gasteiger partial charge in [0.05, 0.1) is 12.4 Å². The lowest BCUT2D eigenvalue weighted by Crippen LogP contribution is -2.06. The van der Waals surface area contributed by atoms with Gasteiger partial charge in [-0.1, -0.05) is 6.58 Å². The van der Waals surface area contributed by atoms with Gasteiger partial charge >= 0.3 is 5.97 Å². The van der Waals surface area contributed by atoms with Crippen LogP contribution in [0.15, 0.2) is 36.7 Å². The highest BCUT2D eigenvalue weighted by molar-refractivity contribution is 5.96. The van der Waals surface area contributed by atoms with Crippen molar-refractivity contribution in [1.82, 2.24) is 9.38 Å². The van der Waals surface area contributed by atoms with Crippen molar-refractivity contribution in [3.8, 4) is 17.7 Å². The molecule has 0 fully saturated rings. The predicted octanol–water partition coefficient (Wildman–Crippen LogP) is 2.64. The first kappa shape index (κ1) is 16.1. The highest BCUT2D eigenvalue weighted by Gasteiger charge is 2.17. The smallest absolute Gasteiger partial charge is 0.346 e. The Kier molecular flexibility index (Phi) is 4.66. The number of aromatic nitrogens is 2. The van der Waals surface area contributed by atoms with E-state index in [4.69, 9.17) is 19.8 Å². The van der Waals surface area contributed by atoms with Gasteiger partial charge in [0.1, 0.15) is 17.3 Å². The fraction of sp³-hybridized carbons (Fsp3) is 0.188. The van der Waals surface area contributed by atoms with E-state index in [2.05, 4.69) is 11.6 Å². The summed E-state index contributed by atoms with van der Waals surface area (Å²) in [7, 11) is 0. The molecule has 7 nitrogen and oxygen atoms in total. The topological polar surface area (TPSA) is 96.9 Å². The summed E-state index contributed by atoms with van der Waals surface area (Å²) >= 11 is 0. The second kappa shape index (κ2) is 6.66. The lowest BCUT2D eigenvalue weighted by molar-refractivity contribution is -0.132. The van der Waals surface area contributed by atoms with Crippen molar-refractivity contribution in [3.05, 3.63) is 42.4 Å². The molecule has 23 heavy (non-hydrogen) atoms. The van der Waals surface area contributed by atoms with Crippen molar-refractivity contribution in [1.29, 1.82) is 5.26 Å². The van der Waals surface area contributed by atoms with Gasteiger partial charge in [0.2, 0.25) is 5.88 Å². The second-order valence-corrected chi connectivity index (χ2v) is 4.79. The van der Waals surface area contributed by atoms with Crippen LogP contribution >= 0.6 is 0 Å². The van der Waals surface area contributed by atoms with E-state index in [9.17, 15) is 4.79 Å². The van der Waals surface area contributed by atoms with Gasteiger partial charge in [-0.3, -0.25) is 4.40 Å². The minimum atomic E-state index is -1.33. The standard InChI is InChI=1S/C16H15N3O4/c1-4-22-15-12(8-11(9-17)16(20)21)19-7-5-6-13(14(19)18-15)23-10(2)3/h4-8,10H,1H2,2-3H3,(H,20,21). The highest BCUT2D eigenvalue weighted by atomic mass is 16.5. The fourth-order valence-corrected chi connectivity index (χ4v) is 1.96. The van der Waals surface area contributed by atoms with Crippen LogP contribution in [0.5, 0.6) is 11.6 Å². The molecule has 0 aromatic carbocycles. The van der Waals surface area contributed by atoms with Gasteiger partial charge in [0.15, 0.2) is 11.4 Å². The van der Waals surface area contributed by atoms with Crippen LogP contribution in [0, 0.1) is 11.3 Å². The van der Waals surface area contributed by atoms with Gasteiger partial charge < -0.3 is 14.6 Å². The lowest BCUT2D eigenvalue weighted by Gasteiger charge is -2.10. The van der Waals surface area contributed by atoms with E-state index in [0.717, 1.165) is 0 Å². The molecule has 0 saturated heterocycles. The van der Waals surface area contributed by atoms with Crippen LogP contribution in [0.3, 0.4) is 0 Å². The number of fused-ring (bicyclic) bond motifs is 1. The normalized spacial score (nSPS) is 11.3. The Morgan fingerprint density at radius 2 is 2.30 bits per heavy atom. The molecule has 0 aliphatic carbocycles. The van der Waals surface area contributed by atoms with Gasteiger partial charge in [-0.15, -0.1) is 0 Å². The Morgan fingerprint density at radius 1 is 1.57 bits per heavy atom. The summed E-state index contributed by atoms with van der Waals surface area (Å²) in [6.07, 6.45) is 3.98. The van der Waals surface area contributed by atoms with Crippen LogP contribution in [-0.2, 0) is 4.79 Å². The molecular formula is C16H15N3O4. The summed E-state index contributed by atoms with van der Waals surface area (Å²) in [6.45, 7) is 7.23. The van der Waals surface area contributed by atoms with Gasteiger partial charge in [0.25, 0.3) is 0 Å².